The fourth-order valence-corrected chi connectivity index (χ4v) is 3.14. The second-order valence-corrected chi connectivity index (χ2v) is 7.35. The smallest absolute Gasteiger partial charge is 0.276 e. The Morgan fingerprint density at radius 1 is 0.759 bits per heavy atom. The Labute approximate surface area is 170 Å². The fourth-order valence-electron chi connectivity index (χ4n) is 3.14. The molecule has 0 saturated carbocycles. The van der Waals surface area contributed by atoms with E-state index in [-0.39, 0.29) is 5.91 Å². The number of hydrogen-bond acceptors (Lipinski definition) is 2. The van der Waals surface area contributed by atoms with Gasteiger partial charge in [0, 0.05) is 11.3 Å². The van der Waals surface area contributed by atoms with Crippen LogP contribution in [0.3, 0.4) is 0 Å². The first-order valence-corrected chi connectivity index (χ1v) is 9.62. The number of nitrogens with one attached hydrogen (secondary N) is 1. The van der Waals surface area contributed by atoms with Gasteiger partial charge in [-0.2, -0.15) is 5.10 Å². The average Bonchev–Trinajstić information content (AvgIpc) is 3.16. The van der Waals surface area contributed by atoms with Gasteiger partial charge in [-0.25, -0.2) is 4.68 Å². The van der Waals surface area contributed by atoms with Crippen molar-refractivity contribution in [1.29, 1.82) is 0 Å². The molecule has 0 aliphatic rings. The Hall–Kier alpha value is -3.66. The summed E-state index contributed by atoms with van der Waals surface area (Å²) >= 11 is 0. The minimum Gasteiger partial charge on any atom is -0.321 e. The molecule has 29 heavy (non-hydrogen) atoms. The van der Waals surface area contributed by atoms with Gasteiger partial charge in [-0.15, -0.1) is 0 Å². The molecule has 1 N–H and O–H groups in total. The van der Waals surface area contributed by atoms with Crippen molar-refractivity contribution in [1.82, 2.24) is 9.78 Å². The van der Waals surface area contributed by atoms with Gasteiger partial charge >= 0.3 is 0 Å². The number of rotatable bonds is 4. The van der Waals surface area contributed by atoms with Crippen molar-refractivity contribution in [2.24, 2.45) is 0 Å². The van der Waals surface area contributed by atoms with Gasteiger partial charge in [0.15, 0.2) is 5.69 Å². The Bertz CT molecular complexity index is 1080. The number of carbonyl (C=O) groups is 1. The molecule has 4 rings (SSSR count). The summed E-state index contributed by atoms with van der Waals surface area (Å²) in [6, 6.07) is 25.9. The highest BCUT2D eigenvalue weighted by molar-refractivity contribution is 6.03. The third-order valence-corrected chi connectivity index (χ3v) is 4.88. The molecule has 144 valence electrons. The van der Waals surface area contributed by atoms with Crippen molar-refractivity contribution in [2.75, 3.05) is 5.32 Å². The van der Waals surface area contributed by atoms with Crippen molar-refractivity contribution >= 4 is 11.6 Å². The molecule has 0 unspecified atom stereocenters. The van der Waals surface area contributed by atoms with Gasteiger partial charge in [0.1, 0.15) is 0 Å². The molecule has 0 bridgehead atoms. The summed E-state index contributed by atoms with van der Waals surface area (Å²) in [4.78, 5) is 12.8. The lowest BCUT2D eigenvalue weighted by Gasteiger charge is -2.08. The van der Waals surface area contributed by atoms with E-state index in [2.05, 4.69) is 41.6 Å². The molecular formula is C25H23N3O. The third-order valence-electron chi connectivity index (χ3n) is 4.88. The van der Waals surface area contributed by atoms with E-state index in [0.29, 0.717) is 5.69 Å². The molecule has 1 amide bonds. The summed E-state index contributed by atoms with van der Waals surface area (Å²) < 4.78 is 1.83. The Kier molecular flexibility index (Phi) is 5.00. The van der Waals surface area contributed by atoms with Gasteiger partial charge in [0.05, 0.1) is 11.4 Å². The summed E-state index contributed by atoms with van der Waals surface area (Å²) in [5, 5.41) is 7.56. The van der Waals surface area contributed by atoms with Crippen LogP contribution in [-0.4, -0.2) is 15.7 Å². The first-order chi connectivity index (χ1) is 14.0. The van der Waals surface area contributed by atoms with E-state index in [1.165, 1.54) is 11.1 Å². The molecule has 1 aromatic heterocycles. The van der Waals surface area contributed by atoms with Gasteiger partial charge < -0.3 is 5.32 Å². The van der Waals surface area contributed by atoms with Crippen molar-refractivity contribution in [3.63, 3.8) is 0 Å². The monoisotopic (exact) mass is 381 g/mol. The minimum atomic E-state index is -0.229. The number of benzene rings is 3. The number of amides is 1. The van der Waals surface area contributed by atoms with E-state index in [1.807, 2.05) is 73.1 Å². The van der Waals surface area contributed by atoms with E-state index in [4.69, 9.17) is 0 Å². The van der Waals surface area contributed by atoms with Crippen molar-refractivity contribution in [3.8, 4) is 16.9 Å². The van der Waals surface area contributed by atoms with Crippen LogP contribution in [0.25, 0.3) is 16.9 Å². The molecule has 0 spiro atoms. The average molecular weight is 381 g/mol. The van der Waals surface area contributed by atoms with Crippen LogP contribution >= 0.6 is 0 Å². The Morgan fingerprint density at radius 2 is 1.28 bits per heavy atom. The number of hydrogen-bond donors (Lipinski definition) is 1. The van der Waals surface area contributed by atoms with Crippen LogP contribution in [0.5, 0.6) is 0 Å². The van der Waals surface area contributed by atoms with Crippen LogP contribution in [0.4, 0.5) is 5.69 Å². The quantitative estimate of drug-likeness (QED) is 0.492. The Morgan fingerprint density at radius 3 is 1.86 bits per heavy atom. The third kappa shape index (κ3) is 4.11. The van der Waals surface area contributed by atoms with Crippen molar-refractivity contribution in [3.05, 3.63) is 101 Å². The zero-order valence-corrected chi connectivity index (χ0v) is 16.8. The fraction of sp³-hybridized carbons (Fsp3) is 0.120. The molecule has 0 aliphatic carbocycles. The lowest BCUT2D eigenvalue weighted by Crippen LogP contribution is -2.13. The zero-order chi connectivity index (χ0) is 20.4. The van der Waals surface area contributed by atoms with E-state index in [9.17, 15) is 4.79 Å². The van der Waals surface area contributed by atoms with Gasteiger partial charge in [-0.3, -0.25) is 4.79 Å². The van der Waals surface area contributed by atoms with Crippen LogP contribution in [0, 0.1) is 20.8 Å². The number of anilines is 1. The summed E-state index contributed by atoms with van der Waals surface area (Å²) in [5.74, 6) is -0.229. The van der Waals surface area contributed by atoms with Crippen molar-refractivity contribution in [2.45, 2.75) is 20.8 Å². The maximum absolute atomic E-state index is 12.8. The second-order valence-electron chi connectivity index (χ2n) is 7.35. The number of nitrogens with zero attached hydrogens (tertiary/aromatic N) is 2. The predicted octanol–water partition coefficient (Wildman–Crippen LogP) is 5.72. The maximum Gasteiger partial charge on any atom is 0.276 e. The van der Waals surface area contributed by atoms with Gasteiger partial charge in [-0.1, -0.05) is 65.2 Å². The number of aryl methyl sites for hydroxylation is 3. The summed E-state index contributed by atoms with van der Waals surface area (Å²) in [5.41, 5.74) is 7.45. The first kappa shape index (κ1) is 18.7. The van der Waals surface area contributed by atoms with Gasteiger partial charge in [-0.05, 0) is 51.1 Å². The molecule has 3 aromatic carbocycles. The van der Waals surface area contributed by atoms with E-state index >= 15 is 0 Å². The molecule has 4 nitrogen and oxygen atoms in total. The highest BCUT2D eigenvalue weighted by Crippen LogP contribution is 2.25. The van der Waals surface area contributed by atoms with Gasteiger partial charge in [0.2, 0.25) is 0 Å². The normalized spacial score (nSPS) is 10.7. The molecule has 0 radical (unpaired) electrons. The summed E-state index contributed by atoms with van der Waals surface area (Å²) in [6.45, 7) is 6.12. The standard InChI is InChI=1S/C25H23N3O/c1-17-4-10-20(11-5-17)24-16-23(25(29)26-21-12-6-18(2)7-13-21)27-28(24)22-14-8-19(3)9-15-22/h4-16H,1-3H3,(H,26,29). The van der Waals surface area contributed by atoms with Crippen LogP contribution in [0.1, 0.15) is 27.2 Å². The predicted molar refractivity (Wildman–Crippen MR) is 118 cm³/mol. The Balaban J connectivity index is 1.74. The van der Waals surface area contributed by atoms with Crippen LogP contribution in [-0.2, 0) is 0 Å². The SMILES string of the molecule is Cc1ccc(NC(=O)c2cc(-c3ccc(C)cc3)n(-c3ccc(C)cc3)n2)cc1. The molecule has 0 aliphatic heterocycles. The summed E-state index contributed by atoms with van der Waals surface area (Å²) in [6.07, 6.45) is 0. The van der Waals surface area contributed by atoms with Crippen molar-refractivity contribution < 1.29 is 4.79 Å². The molecule has 1 heterocycles. The zero-order valence-electron chi connectivity index (χ0n) is 16.8. The molecule has 4 heteroatoms. The molecule has 4 aromatic rings. The van der Waals surface area contributed by atoms with Crippen LogP contribution in [0.2, 0.25) is 0 Å². The van der Waals surface area contributed by atoms with Crippen LogP contribution in [0.15, 0.2) is 78.9 Å². The van der Waals surface area contributed by atoms with E-state index in [1.54, 1.807) is 0 Å². The molecular weight excluding hydrogens is 358 g/mol. The number of aromatic nitrogens is 2. The highest BCUT2D eigenvalue weighted by Gasteiger charge is 2.17. The molecule has 0 fully saturated rings. The van der Waals surface area contributed by atoms with E-state index < -0.39 is 0 Å². The largest absolute Gasteiger partial charge is 0.321 e. The van der Waals surface area contributed by atoms with Gasteiger partial charge in [0.25, 0.3) is 5.91 Å². The van der Waals surface area contributed by atoms with E-state index in [0.717, 1.165) is 28.2 Å². The first-order valence-electron chi connectivity index (χ1n) is 9.62. The lowest BCUT2D eigenvalue weighted by atomic mass is 10.1. The van der Waals surface area contributed by atoms with Crippen LogP contribution < -0.4 is 5.32 Å². The second kappa shape index (κ2) is 7.76. The number of carbonyl (C=O) groups excluding carboxylic acids is 1. The lowest BCUT2D eigenvalue weighted by molar-refractivity contribution is 0.102. The molecule has 0 atom stereocenters. The minimum absolute atomic E-state index is 0.229. The molecule has 0 saturated heterocycles. The topological polar surface area (TPSA) is 46.9 Å². The maximum atomic E-state index is 12.8. The summed E-state index contributed by atoms with van der Waals surface area (Å²) in [7, 11) is 0. The highest BCUT2D eigenvalue weighted by atomic mass is 16.1.